The minimum Gasteiger partial charge on any atom is -0.453 e. The van der Waals surface area contributed by atoms with Crippen molar-refractivity contribution in [2.45, 2.75) is 25.5 Å². The predicted octanol–water partition coefficient (Wildman–Crippen LogP) is -0.782. The van der Waals surface area contributed by atoms with Crippen molar-refractivity contribution in [3.05, 3.63) is 0 Å². The van der Waals surface area contributed by atoms with Crippen LogP contribution in [0.25, 0.3) is 0 Å². The second-order valence-corrected chi connectivity index (χ2v) is 2.36. The molecule has 1 aliphatic heterocycles. The zero-order valence-electron chi connectivity index (χ0n) is 5.66. The number of carbonyl (C=O) groups is 2. The number of esters is 1. The molecule has 0 amide bonds. The number of rotatable bonds is 0. The van der Waals surface area contributed by atoms with Crippen LogP contribution in [0.4, 0.5) is 0 Å². The lowest BCUT2D eigenvalue weighted by atomic mass is 10.1. The SMILES string of the molecule is CC1OC(=O)C(N)CC1=O. The molecular formula is C6H9NO3. The van der Waals surface area contributed by atoms with Crippen LogP contribution >= 0.6 is 0 Å². The van der Waals surface area contributed by atoms with Gasteiger partial charge in [-0.1, -0.05) is 0 Å². The van der Waals surface area contributed by atoms with E-state index in [9.17, 15) is 9.59 Å². The van der Waals surface area contributed by atoms with E-state index >= 15 is 0 Å². The van der Waals surface area contributed by atoms with E-state index < -0.39 is 18.1 Å². The largest absolute Gasteiger partial charge is 0.453 e. The van der Waals surface area contributed by atoms with Crippen molar-refractivity contribution in [3.8, 4) is 0 Å². The molecule has 1 rings (SSSR count). The molecule has 0 aliphatic carbocycles. The first-order chi connectivity index (χ1) is 4.61. The van der Waals surface area contributed by atoms with Gasteiger partial charge in [-0.2, -0.15) is 0 Å². The Morgan fingerprint density at radius 1 is 1.60 bits per heavy atom. The van der Waals surface area contributed by atoms with Crippen molar-refractivity contribution in [3.63, 3.8) is 0 Å². The fourth-order valence-corrected chi connectivity index (χ4v) is 0.793. The summed E-state index contributed by atoms with van der Waals surface area (Å²) in [5, 5.41) is 0. The number of ketones is 1. The minimum absolute atomic E-state index is 0.105. The highest BCUT2D eigenvalue weighted by Crippen LogP contribution is 2.08. The summed E-state index contributed by atoms with van der Waals surface area (Å²) in [6.45, 7) is 1.55. The molecule has 56 valence electrons. The van der Waals surface area contributed by atoms with Gasteiger partial charge in [-0.25, -0.2) is 0 Å². The molecule has 0 radical (unpaired) electrons. The molecule has 10 heavy (non-hydrogen) atoms. The van der Waals surface area contributed by atoms with E-state index in [4.69, 9.17) is 5.73 Å². The summed E-state index contributed by atoms with van der Waals surface area (Å²) in [6.07, 6.45) is -0.493. The topological polar surface area (TPSA) is 69.4 Å². The van der Waals surface area contributed by atoms with Gasteiger partial charge in [0.1, 0.15) is 6.04 Å². The standard InChI is InChI=1S/C6H9NO3/c1-3-5(8)2-4(7)6(9)10-3/h3-4H,2,7H2,1H3. The van der Waals surface area contributed by atoms with Crippen LogP contribution in [-0.2, 0) is 14.3 Å². The Balaban J connectivity index is 2.63. The highest BCUT2D eigenvalue weighted by atomic mass is 16.5. The first kappa shape index (κ1) is 7.21. The lowest BCUT2D eigenvalue weighted by molar-refractivity contribution is -0.161. The number of nitrogens with two attached hydrogens (primary N) is 1. The van der Waals surface area contributed by atoms with E-state index in [0.717, 1.165) is 0 Å². The van der Waals surface area contributed by atoms with Crippen LogP contribution in [0.15, 0.2) is 0 Å². The molecule has 2 unspecified atom stereocenters. The lowest BCUT2D eigenvalue weighted by Crippen LogP contribution is -2.44. The van der Waals surface area contributed by atoms with Crippen molar-refractivity contribution in [2.24, 2.45) is 5.73 Å². The average Bonchev–Trinajstić information content (AvgIpc) is 1.84. The molecule has 0 saturated carbocycles. The van der Waals surface area contributed by atoms with Crippen molar-refractivity contribution in [1.29, 1.82) is 0 Å². The maximum Gasteiger partial charge on any atom is 0.324 e. The molecular weight excluding hydrogens is 134 g/mol. The zero-order valence-corrected chi connectivity index (χ0v) is 5.66. The molecule has 2 atom stereocenters. The van der Waals surface area contributed by atoms with Gasteiger partial charge in [0.05, 0.1) is 0 Å². The summed E-state index contributed by atoms with van der Waals surface area (Å²) in [5.74, 6) is -0.584. The van der Waals surface area contributed by atoms with Crippen molar-refractivity contribution in [2.75, 3.05) is 0 Å². The van der Waals surface area contributed by atoms with Crippen LogP contribution in [0, 0.1) is 0 Å². The fraction of sp³-hybridized carbons (Fsp3) is 0.667. The van der Waals surface area contributed by atoms with Crippen LogP contribution in [0.5, 0.6) is 0 Å². The molecule has 0 aromatic carbocycles. The Morgan fingerprint density at radius 2 is 2.20 bits per heavy atom. The van der Waals surface area contributed by atoms with Crippen LogP contribution in [0.1, 0.15) is 13.3 Å². The summed E-state index contributed by atoms with van der Waals surface area (Å²) in [6, 6.07) is -0.747. The van der Waals surface area contributed by atoms with Gasteiger partial charge in [-0.15, -0.1) is 0 Å². The molecule has 4 heteroatoms. The number of cyclic esters (lactones) is 1. The molecule has 2 N–H and O–H groups in total. The Bertz CT molecular complexity index is 158. The lowest BCUT2D eigenvalue weighted by Gasteiger charge is -2.21. The third-order valence-corrected chi connectivity index (χ3v) is 1.47. The van der Waals surface area contributed by atoms with Gasteiger partial charge >= 0.3 is 5.97 Å². The summed E-state index contributed by atoms with van der Waals surface area (Å²) in [5.41, 5.74) is 5.24. The highest BCUT2D eigenvalue weighted by Gasteiger charge is 2.30. The van der Waals surface area contributed by atoms with Gasteiger partial charge in [0.25, 0.3) is 0 Å². The van der Waals surface area contributed by atoms with Crippen molar-refractivity contribution in [1.82, 2.24) is 0 Å². The number of carbonyl (C=O) groups excluding carboxylic acids is 2. The Hall–Kier alpha value is -0.900. The minimum atomic E-state index is -0.747. The van der Waals surface area contributed by atoms with Crippen LogP contribution in [0.3, 0.4) is 0 Å². The smallest absolute Gasteiger partial charge is 0.324 e. The van der Waals surface area contributed by atoms with Gasteiger partial charge in [0.15, 0.2) is 11.9 Å². The van der Waals surface area contributed by atoms with Gasteiger partial charge < -0.3 is 10.5 Å². The predicted molar refractivity (Wildman–Crippen MR) is 33.2 cm³/mol. The maximum atomic E-state index is 10.8. The number of hydrogen-bond acceptors (Lipinski definition) is 4. The number of hydrogen-bond donors (Lipinski definition) is 1. The Morgan fingerprint density at radius 3 is 2.70 bits per heavy atom. The molecule has 1 heterocycles. The van der Waals surface area contributed by atoms with Gasteiger partial charge in [-0.3, -0.25) is 9.59 Å². The normalized spacial score (nSPS) is 33.8. The van der Waals surface area contributed by atoms with Gasteiger partial charge in [-0.05, 0) is 6.92 Å². The van der Waals surface area contributed by atoms with E-state index in [0.29, 0.717) is 0 Å². The molecule has 1 saturated heterocycles. The van der Waals surface area contributed by atoms with Crippen LogP contribution in [0.2, 0.25) is 0 Å². The zero-order chi connectivity index (χ0) is 7.72. The second-order valence-electron chi connectivity index (χ2n) is 2.36. The average molecular weight is 143 g/mol. The van der Waals surface area contributed by atoms with E-state index in [1.165, 1.54) is 0 Å². The summed E-state index contributed by atoms with van der Waals surface area (Å²) in [7, 11) is 0. The molecule has 4 nitrogen and oxygen atoms in total. The second kappa shape index (κ2) is 2.38. The molecule has 0 aromatic rings. The summed E-state index contributed by atoms with van der Waals surface area (Å²) in [4.78, 5) is 21.4. The summed E-state index contributed by atoms with van der Waals surface area (Å²) >= 11 is 0. The summed E-state index contributed by atoms with van der Waals surface area (Å²) < 4.78 is 4.60. The molecule has 0 aromatic heterocycles. The number of ether oxygens (including phenoxy) is 1. The fourth-order valence-electron chi connectivity index (χ4n) is 0.793. The van der Waals surface area contributed by atoms with Crippen molar-refractivity contribution >= 4 is 11.8 Å². The highest BCUT2D eigenvalue weighted by molar-refractivity contribution is 5.94. The molecule has 1 aliphatic rings. The Labute approximate surface area is 58.3 Å². The molecule has 0 bridgehead atoms. The first-order valence-corrected chi connectivity index (χ1v) is 3.10. The third kappa shape index (κ3) is 1.16. The third-order valence-electron chi connectivity index (χ3n) is 1.47. The monoisotopic (exact) mass is 143 g/mol. The molecule has 1 fully saturated rings. The van der Waals surface area contributed by atoms with Crippen LogP contribution in [-0.4, -0.2) is 23.9 Å². The van der Waals surface area contributed by atoms with E-state index in [-0.39, 0.29) is 12.2 Å². The van der Waals surface area contributed by atoms with E-state index in [1.807, 2.05) is 0 Å². The van der Waals surface area contributed by atoms with Gasteiger partial charge in [0, 0.05) is 6.42 Å². The maximum absolute atomic E-state index is 10.8. The van der Waals surface area contributed by atoms with Crippen LogP contribution < -0.4 is 5.73 Å². The quantitative estimate of drug-likeness (QED) is 0.451. The Kier molecular flexibility index (Phi) is 1.72. The molecule has 0 spiro atoms. The van der Waals surface area contributed by atoms with Crippen molar-refractivity contribution < 1.29 is 14.3 Å². The van der Waals surface area contributed by atoms with E-state index in [1.54, 1.807) is 6.92 Å². The van der Waals surface area contributed by atoms with E-state index in [2.05, 4.69) is 4.74 Å². The first-order valence-electron chi connectivity index (χ1n) is 3.10. The number of Topliss-reactive ketones (excluding diaryl/α,β-unsaturated/α-hetero) is 1. The van der Waals surface area contributed by atoms with Gasteiger partial charge in [0.2, 0.25) is 0 Å².